The van der Waals surface area contributed by atoms with E-state index in [1.807, 2.05) is 26.0 Å². The summed E-state index contributed by atoms with van der Waals surface area (Å²) in [6, 6.07) is 5.47. The van der Waals surface area contributed by atoms with Gasteiger partial charge < -0.3 is 4.90 Å². The van der Waals surface area contributed by atoms with Crippen molar-refractivity contribution < 1.29 is 4.79 Å². The fourth-order valence-corrected chi connectivity index (χ4v) is 3.70. The highest BCUT2D eigenvalue weighted by atomic mass is 79.9. The normalized spacial score (nSPS) is 12.4. The number of nitrogens with zero attached hydrogens (tertiary/aromatic N) is 3. The molecule has 1 heterocycles. The predicted molar refractivity (Wildman–Crippen MR) is 98.0 cm³/mol. The van der Waals surface area contributed by atoms with Gasteiger partial charge in [-0.2, -0.15) is 0 Å². The summed E-state index contributed by atoms with van der Waals surface area (Å²) in [5, 5.41) is 0.881. The Morgan fingerprint density at radius 2 is 2.13 bits per heavy atom. The molecule has 0 aliphatic carbocycles. The van der Waals surface area contributed by atoms with E-state index in [9.17, 15) is 9.59 Å². The Hall–Kier alpha value is -1.34. The highest BCUT2D eigenvalue weighted by Crippen LogP contribution is 2.24. The zero-order valence-electron chi connectivity index (χ0n) is 13.7. The van der Waals surface area contributed by atoms with E-state index in [0.29, 0.717) is 22.6 Å². The molecule has 1 atom stereocenters. The third-order valence-electron chi connectivity index (χ3n) is 3.40. The summed E-state index contributed by atoms with van der Waals surface area (Å²) in [4.78, 5) is 31.0. The minimum absolute atomic E-state index is 0.00296. The van der Waals surface area contributed by atoms with Crippen molar-refractivity contribution >= 4 is 44.5 Å². The molecule has 0 aliphatic heterocycles. The van der Waals surface area contributed by atoms with Crippen LogP contribution < -0.4 is 5.56 Å². The zero-order valence-corrected chi connectivity index (χ0v) is 16.1. The molecule has 0 unspecified atom stereocenters. The zero-order chi connectivity index (χ0) is 17.1. The number of hydrogen-bond donors (Lipinski definition) is 0. The number of carbonyl (C=O) groups is 1. The first-order valence-corrected chi connectivity index (χ1v) is 9.10. The summed E-state index contributed by atoms with van der Waals surface area (Å²) in [5.41, 5.74) is 0.586. The minimum Gasteiger partial charge on any atom is -0.348 e. The summed E-state index contributed by atoms with van der Waals surface area (Å²) in [6.07, 6.45) is 0.824. The number of aromatic nitrogens is 2. The lowest BCUT2D eigenvalue weighted by molar-refractivity contribution is -0.127. The van der Waals surface area contributed by atoms with Gasteiger partial charge >= 0.3 is 0 Å². The van der Waals surface area contributed by atoms with Crippen LogP contribution in [0, 0.1) is 0 Å². The molecule has 5 nitrogen and oxygen atoms in total. The number of hydrogen-bond acceptors (Lipinski definition) is 4. The summed E-state index contributed by atoms with van der Waals surface area (Å²) in [7, 11) is 3.45. The van der Waals surface area contributed by atoms with Gasteiger partial charge in [-0.3, -0.25) is 14.2 Å². The second kappa shape index (κ2) is 7.49. The standard InChI is InChI=1S/C16H20BrN3O2S/c1-5-8-20-15(22)12-9-11(17)6-7-13(12)18-16(20)23-10(2)14(21)19(3)4/h6-7,9-10H,5,8H2,1-4H3/t10-/m0/s1. The van der Waals surface area contributed by atoms with E-state index in [1.54, 1.807) is 29.6 Å². The Balaban J connectivity index is 2.53. The van der Waals surface area contributed by atoms with Crippen LogP contribution in [0.5, 0.6) is 0 Å². The number of halogens is 1. The van der Waals surface area contributed by atoms with Gasteiger partial charge in [-0.25, -0.2) is 4.98 Å². The van der Waals surface area contributed by atoms with Gasteiger partial charge in [0.1, 0.15) is 0 Å². The van der Waals surface area contributed by atoms with Crippen LogP contribution in [0.15, 0.2) is 32.6 Å². The van der Waals surface area contributed by atoms with Crippen molar-refractivity contribution in [2.24, 2.45) is 0 Å². The van der Waals surface area contributed by atoms with E-state index in [1.165, 1.54) is 11.8 Å². The van der Waals surface area contributed by atoms with E-state index in [-0.39, 0.29) is 16.7 Å². The molecule has 1 amide bonds. The van der Waals surface area contributed by atoms with Crippen LogP contribution in [0.2, 0.25) is 0 Å². The van der Waals surface area contributed by atoms with Crippen molar-refractivity contribution in [1.82, 2.24) is 14.5 Å². The first-order valence-electron chi connectivity index (χ1n) is 7.43. The third-order valence-corrected chi connectivity index (χ3v) is 4.97. The Morgan fingerprint density at radius 3 is 2.74 bits per heavy atom. The van der Waals surface area contributed by atoms with E-state index in [4.69, 9.17) is 0 Å². The molecule has 0 bridgehead atoms. The SMILES string of the molecule is CCCn1c(S[C@@H](C)C(=O)N(C)C)nc2ccc(Br)cc2c1=O. The Bertz CT molecular complexity index is 789. The number of thioether (sulfide) groups is 1. The molecule has 1 aromatic heterocycles. The molecule has 1 aromatic carbocycles. The van der Waals surface area contributed by atoms with Gasteiger partial charge in [-0.1, -0.05) is 34.6 Å². The molecule has 0 N–H and O–H groups in total. The molecule has 2 rings (SSSR count). The number of amides is 1. The molecule has 0 fully saturated rings. The number of fused-ring (bicyclic) bond motifs is 1. The largest absolute Gasteiger partial charge is 0.348 e. The lowest BCUT2D eigenvalue weighted by Gasteiger charge is -2.18. The van der Waals surface area contributed by atoms with Gasteiger partial charge in [0.15, 0.2) is 5.16 Å². The Labute approximate surface area is 148 Å². The molecule has 0 spiro atoms. The molecule has 0 aliphatic rings. The van der Waals surface area contributed by atoms with Gasteiger partial charge in [0.2, 0.25) is 5.91 Å². The summed E-state index contributed by atoms with van der Waals surface area (Å²) < 4.78 is 2.52. The number of benzene rings is 1. The summed E-state index contributed by atoms with van der Waals surface area (Å²) in [6.45, 7) is 4.43. The van der Waals surface area contributed by atoms with Crippen LogP contribution in [-0.2, 0) is 11.3 Å². The molecule has 0 saturated carbocycles. The van der Waals surface area contributed by atoms with Crippen LogP contribution >= 0.6 is 27.7 Å². The van der Waals surface area contributed by atoms with Crippen molar-refractivity contribution in [3.63, 3.8) is 0 Å². The highest BCUT2D eigenvalue weighted by Gasteiger charge is 2.20. The molecule has 7 heteroatoms. The first-order chi connectivity index (χ1) is 10.8. The topological polar surface area (TPSA) is 55.2 Å². The van der Waals surface area contributed by atoms with Crippen LogP contribution in [0.4, 0.5) is 0 Å². The maximum atomic E-state index is 12.8. The van der Waals surface area contributed by atoms with E-state index >= 15 is 0 Å². The smallest absolute Gasteiger partial charge is 0.262 e. The molecule has 124 valence electrons. The fraction of sp³-hybridized carbons (Fsp3) is 0.438. The number of carbonyl (C=O) groups excluding carboxylic acids is 1. The van der Waals surface area contributed by atoms with Crippen molar-refractivity contribution in [1.29, 1.82) is 0 Å². The summed E-state index contributed by atoms with van der Waals surface area (Å²) in [5.74, 6) is 0.00296. The molecular formula is C16H20BrN3O2S. The van der Waals surface area contributed by atoms with Crippen molar-refractivity contribution in [2.75, 3.05) is 14.1 Å². The molecule has 23 heavy (non-hydrogen) atoms. The summed E-state index contributed by atoms with van der Waals surface area (Å²) >= 11 is 4.72. The average molecular weight is 398 g/mol. The van der Waals surface area contributed by atoms with Crippen LogP contribution in [0.3, 0.4) is 0 Å². The van der Waals surface area contributed by atoms with Gasteiger partial charge in [-0.05, 0) is 31.5 Å². The number of rotatable bonds is 5. The average Bonchev–Trinajstić information content (AvgIpc) is 2.51. The molecule has 2 aromatic rings. The Morgan fingerprint density at radius 1 is 1.43 bits per heavy atom. The molecule has 0 saturated heterocycles. The second-order valence-corrected chi connectivity index (χ2v) is 7.73. The van der Waals surface area contributed by atoms with Crippen LogP contribution in [0.1, 0.15) is 20.3 Å². The van der Waals surface area contributed by atoms with E-state index in [2.05, 4.69) is 20.9 Å². The lowest BCUT2D eigenvalue weighted by Crippen LogP contribution is -2.31. The molecular weight excluding hydrogens is 378 g/mol. The van der Waals surface area contributed by atoms with Crippen LogP contribution in [-0.4, -0.2) is 39.7 Å². The lowest BCUT2D eigenvalue weighted by atomic mass is 10.2. The van der Waals surface area contributed by atoms with Gasteiger partial charge in [-0.15, -0.1) is 0 Å². The van der Waals surface area contributed by atoms with E-state index < -0.39 is 0 Å². The minimum atomic E-state index is -0.298. The van der Waals surface area contributed by atoms with Crippen LogP contribution in [0.25, 0.3) is 10.9 Å². The van der Waals surface area contributed by atoms with E-state index in [0.717, 1.165) is 10.9 Å². The van der Waals surface area contributed by atoms with Crippen molar-refractivity contribution in [3.05, 3.63) is 33.0 Å². The van der Waals surface area contributed by atoms with Crippen molar-refractivity contribution in [2.45, 2.75) is 37.2 Å². The predicted octanol–water partition coefficient (Wildman–Crippen LogP) is 3.14. The van der Waals surface area contributed by atoms with Gasteiger partial charge in [0.05, 0.1) is 16.2 Å². The maximum absolute atomic E-state index is 12.8. The third kappa shape index (κ3) is 3.95. The maximum Gasteiger partial charge on any atom is 0.262 e. The van der Waals surface area contributed by atoms with Gasteiger partial charge in [0, 0.05) is 25.1 Å². The first kappa shape index (κ1) is 18.0. The Kier molecular flexibility index (Phi) is 5.86. The quantitative estimate of drug-likeness (QED) is 0.574. The van der Waals surface area contributed by atoms with Gasteiger partial charge in [0.25, 0.3) is 5.56 Å². The second-order valence-electron chi connectivity index (χ2n) is 5.51. The fourth-order valence-electron chi connectivity index (χ4n) is 2.26. The monoisotopic (exact) mass is 397 g/mol. The molecule has 0 radical (unpaired) electrons. The van der Waals surface area contributed by atoms with Crippen molar-refractivity contribution in [3.8, 4) is 0 Å². The highest BCUT2D eigenvalue weighted by molar-refractivity contribution is 9.10.